The number of thioether (sulfide) groups is 1. The standard InChI is InChI=1S/C27H22N2O3S/c1-18-7-9-19(10-8-18)16-29-22(15-25-26(30)28-27(31)33-25)13-21-14-23(11-12-24(21)29)32-17-20-5-3-2-4-6-20/h2-15H,16-17H2,1H3,(H,28,30,31)/b25-15+. The predicted molar refractivity (Wildman–Crippen MR) is 132 cm³/mol. The van der Waals surface area contributed by atoms with Gasteiger partial charge in [0.15, 0.2) is 0 Å². The molecule has 164 valence electrons. The van der Waals surface area contributed by atoms with Gasteiger partial charge in [0.05, 0.1) is 4.91 Å². The lowest BCUT2D eigenvalue weighted by Crippen LogP contribution is -2.17. The summed E-state index contributed by atoms with van der Waals surface area (Å²) in [7, 11) is 0. The highest BCUT2D eigenvalue weighted by atomic mass is 32.2. The summed E-state index contributed by atoms with van der Waals surface area (Å²) >= 11 is 0.928. The fourth-order valence-corrected chi connectivity index (χ4v) is 4.50. The Balaban J connectivity index is 1.51. The van der Waals surface area contributed by atoms with Crippen molar-refractivity contribution in [3.8, 4) is 5.75 Å². The van der Waals surface area contributed by atoms with Crippen molar-refractivity contribution in [2.24, 2.45) is 0 Å². The fourth-order valence-electron chi connectivity index (χ4n) is 3.83. The Labute approximate surface area is 196 Å². The van der Waals surface area contributed by atoms with Gasteiger partial charge in [-0.25, -0.2) is 0 Å². The molecule has 1 aliphatic heterocycles. The van der Waals surface area contributed by atoms with Crippen molar-refractivity contribution in [2.75, 3.05) is 0 Å². The van der Waals surface area contributed by atoms with Gasteiger partial charge < -0.3 is 9.30 Å². The molecular weight excluding hydrogens is 432 g/mol. The fraction of sp³-hybridized carbons (Fsp3) is 0.111. The van der Waals surface area contributed by atoms with E-state index in [1.807, 2.05) is 54.6 Å². The van der Waals surface area contributed by atoms with Gasteiger partial charge in [-0.1, -0.05) is 60.2 Å². The lowest BCUT2D eigenvalue weighted by atomic mass is 10.1. The molecule has 1 fully saturated rings. The Kier molecular flexibility index (Phi) is 5.75. The largest absolute Gasteiger partial charge is 0.489 e. The average molecular weight is 455 g/mol. The number of ether oxygens (including phenoxy) is 1. The van der Waals surface area contributed by atoms with E-state index in [2.05, 4.69) is 41.1 Å². The third kappa shape index (κ3) is 4.71. The molecule has 0 unspecified atom stereocenters. The van der Waals surface area contributed by atoms with Gasteiger partial charge >= 0.3 is 0 Å². The zero-order chi connectivity index (χ0) is 22.8. The van der Waals surface area contributed by atoms with Gasteiger partial charge in [-0.3, -0.25) is 14.9 Å². The highest BCUT2D eigenvalue weighted by Gasteiger charge is 2.25. The van der Waals surface area contributed by atoms with Gasteiger partial charge in [-0.05, 0) is 60.2 Å². The van der Waals surface area contributed by atoms with E-state index in [0.29, 0.717) is 18.1 Å². The molecule has 0 aliphatic carbocycles. The summed E-state index contributed by atoms with van der Waals surface area (Å²) in [5.41, 5.74) is 5.36. The number of aromatic nitrogens is 1. The van der Waals surface area contributed by atoms with Crippen LogP contribution >= 0.6 is 11.8 Å². The van der Waals surface area contributed by atoms with Crippen molar-refractivity contribution in [2.45, 2.75) is 20.1 Å². The molecule has 6 heteroatoms. The summed E-state index contributed by atoms with van der Waals surface area (Å²) in [6.45, 7) is 3.20. The highest BCUT2D eigenvalue weighted by Crippen LogP contribution is 2.31. The molecule has 2 amide bonds. The number of imide groups is 1. The normalized spacial score (nSPS) is 14.8. The first-order valence-corrected chi connectivity index (χ1v) is 11.5. The molecule has 1 N–H and O–H groups in total. The van der Waals surface area contributed by atoms with Crippen molar-refractivity contribution in [3.63, 3.8) is 0 Å². The van der Waals surface area contributed by atoms with Gasteiger partial charge in [0.2, 0.25) is 0 Å². The molecule has 0 atom stereocenters. The van der Waals surface area contributed by atoms with E-state index in [1.165, 1.54) is 5.56 Å². The van der Waals surface area contributed by atoms with Crippen LogP contribution < -0.4 is 10.1 Å². The van der Waals surface area contributed by atoms with Gasteiger partial charge in [0.1, 0.15) is 12.4 Å². The van der Waals surface area contributed by atoms with E-state index in [4.69, 9.17) is 4.74 Å². The number of hydrogen-bond donors (Lipinski definition) is 1. The molecule has 1 saturated heterocycles. The number of fused-ring (bicyclic) bond motifs is 1. The van der Waals surface area contributed by atoms with Crippen LogP contribution in [0.2, 0.25) is 0 Å². The zero-order valence-corrected chi connectivity index (χ0v) is 18.9. The SMILES string of the molecule is Cc1ccc(Cn2c(/C=C3/SC(=O)NC3=O)cc3cc(OCc4ccccc4)ccc32)cc1. The Bertz CT molecular complexity index is 1370. The first kappa shape index (κ1) is 21.1. The smallest absolute Gasteiger partial charge is 0.290 e. The monoisotopic (exact) mass is 454 g/mol. The van der Waals surface area contributed by atoms with Crippen molar-refractivity contribution >= 4 is 39.9 Å². The molecular formula is C27H22N2O3S. The number of carbonyl (C=O) groups is 2. The van der Waals surface area contributed by atoms with Crippen LogP contribution in [-0.4, -0.2) is 15.7 Å². The summed E-state index contributed by atoms with van der Waals surface area (Å²) in [6.07, 6.45) is 1.78. The van der Waals surface area contributed by atoms with E-state index in [9.17, 15) is 9.59 Å². The topological polar surface area (TPSA) is 60.3 Å². The minimum absolute atomic E-state index is 0.343. The van der Waals surface area contributed by atoms with Crippen LogP contribution in [0.4, 0.5) is 4.79 Å². The molecule has 33 heavy (non-hydrogen) atoms. The van der Waals surface area contributed by atoms with Crippen LogP contribution in [0.1, 0.15) is 22.4 Å². The van der Waals surface area contributed by atoms with E-state index < -0.39 is 0 Å². The summed E-state index contributed by atoms with van der Waals surface area (Å²) in [4.78, 5) is 24.2. The number of carbonyl (C=O) groups excluding carboxylic acids is 2. The highest BCUT2D eigenvalue weighted by molar-refractivity contribution is 8.18. The van der Waals surface area contributed by atoms with Crippen molar-refractivity contribution in [1.82, 2.24) is 9.88 Å². The van der Waals surface area contributed by atoms with E-state index >= 15 is 0 Å². The maximum Gasteiger partial charge on any atom is 0.290 e. The van der Waals surface area contributed by atoms with Gasteiger partial charge in [-0.15, -0.1) is 0 Å². The quantitative estimate of drug-likeness (QED) is 0.369. The molecule has 0 radical (unpaired) electrons. The number of benzene rings is 3. The molecule has 2 heterocycles. The zero-order valence-electron chi connectivity index (χ0n) is 18.1. The van der Waals surface area contributed by atoms with E-state index in [-0.39, 0.29) is 11.1 Å². The van der Waals surface area contributed by atoms with E-state index in [0.717, 1.165) is 45.2 Å². The average Bonchev–Trinajstić information content (AvgIpc) is 3.32. The predicted octanol–water partition coefficient (Wildman–Crippen LogP) is 5.90. The van der Waals surface area contributed by atoms with E-state index in [1.54, 1.807) is 6.08 Å². The molecule has 0 saturated carbocycles. The molecule has 4 aromatic rings. The molecule has 5 rings (SSSR count). The first-order chi connectivity index (χ1) is 16.0. The molecule has 5 nitrogen and oxygen atoms in total. The van der Waals surface area contributed by atoms with Crippen molar-refractivity contribution in [1.29, 1.82) is 0 Å². The van der Waals surface area contributed by atoms with Crippen LogP contribution in [0, 0.1) is 6.92 Å². The molecule has 0 bridgehead atoms. The molecule has 1 aromatic heterocycles. The summed E-state index contributed by atoms with van der Waals surface area (Å²) in [5, 5.41) is 2.99. The number of rotatable bonds is 6. The Morgan fingerprint density at radius 3 is 2.45 bits per heavy atom. The van der Waals surface area contributed by atoms with Crippen LogP contribution in [0.25, 0.3) is 17.0 Å². The number of aryl methyl sites for hydroxylation is 1. The molecule has 0 spiro atoms. The second-order valence-corrected chi connectivity index (χ2v) is 9.00. The minimum atomic E-state index is -0.357. The Hall–Kier alpha value is -3.77. The number of nitrogens with zero attached hydrogens (tertiary/aromatic N) is 1. The second kappa shape index (κ2) is 9.00. The van der Waals surface area contributed by atoms with Crippen LogP contribution in [0.15, 0.2) is 83.8 Å². The number of hydrogen-bond acceptors (Lipinski definition) is 4. The lowest BCUT2D eigenvalue weighted by Gasteiger charge is -2.11. The molecule has 1 aliphatic rings. The summed E-state index contributed by atoms with van der Waals surface area (Å²) in [6, 6.07) is 26.5. The third-order valence-corrected chi connectivity index (χ3v) is 6.35. The molecule has 3 aromatic carbocycles. The van der Waals surface area contributed by atoms with Gasteiger partial charge in [0.25, 0.3) is 11.1 Å². The van der Waals surface area contributed by atoms with Gasteiger partial charge in [-0.2, -0.15) is 0 Å². The van der Waals surface area contributed by atoms with Crippen molar-refractivity contribution in [3.05, 3.63) is 106 Å². The van der Waals surface area contributed by atoms with Crippen LogP contribution in [0.3, 0.4) is 0 Å². The Morgan fingerprint density at radius 2 is 1.73 bits per heavy atom. The second-order valence-electron chi connectivity index (χ2n) is 7.99. The maximum absolute atomic E-state index is 12.1. The first-order valence-electron chi connectivity index (χ1n) is 10.7. The maximum atomic E-state index is 12.1. The number of nitrogens with one attached hydrogen (secondary N) is 1. The third-order valence-electron chi connectivity index (χ3n) is 5.54. The summed E-state index contributed by atoms with van der Waals surface area (Å²) in [5.74, 6) is 0.422. The lowest BCUT2D eigenvalue weighted by molar-refractivity contribution is -0.115. The minimum Gasteiger partial charge on any atom is -0.489 e. The Morgan fingerprint density at radius 1 is 0.939 bits per heavy atom. The summed E-state index contributed by atoms with van der Waals surface area (Å²) < 4.78 is 8.17. The number of amides is 2. The van der Waals surface area contributed by atoms with Gasteiger partial charge in [0, 0.05) is 23.1 Å². The van der Waals surface area contributed by atoms with Crippen molar-refractivity contribution < 1.29 is 14.3 Å². The van der Waals surface area contributed by atoms with Crippen LogP contribution in [0.5, 0.6) is 5.75 Å². The van der Waals surface area contributed by atoms with Crippen LogP contribution in [-0.2, 0) is 17.9 Å².